The first-order valence-electron chi connectivity index (χ1n) is 9.05. The maximum atomic E-state index is 11.5. The Morgan fingerprint density at radius 1 is 1.43 bits per heavy atom. The topological polar surface area (TPSA) is 101 Å². The van der Waals surface area contributed by atoms with Crippen molar-refractivity contribution in [3.8, 4) is 11.5 Å². The van der Waals surface area contributed by atoms with Gasteiger partial charge in [0.1, 0.15) is 6.04 Å². The molecule has 3 atom stereocenters. The minimum atomic E-state index is -0.588. The Morgan fingerprint density at radius 2 is 2.25 bits per heavy atom. The van der Waals surface area contributed by atoms with Crippen LogP contribution in [0.25, 0.3) is 0 Å². The van der Waals surface area contributed by atoms with Gasteiger partial charge in [0, 0.05) is 24.1 Å². The van der Waals surface area contributed by atoms with Gasteiger partial charge in [-0.15, -0.1) is 0 Å². The van der Waals surface area contributed by atoms with Crippen LogP contribution in [-0.2, 0) is 0 Å². The number of amidine groups is 1. The summed E-state index contributed by atoms with van der Waals surface area (Å²) in [5.41, 5.74) is 1.11. The predicted molar refractivity (Wildman–Crippen MR) is 107 cm³/mol. The van der Waals surface area contributed by atoms with Gasteiger partial charge < -0.3 is 14.7 Å². The Morgan fingerprint density at radius 3 is 2.93 bits per heavy atom. The second kappa shape index (κ2) is 7.31. The van der Waals surface area contributed by atoms with Crippen LogP contribution in [0.4, 0.5) is 5.69 Å². The standard InChI is InChI=1S/C19H20N4O4S/c1-3-27-15-9-12(8-14(18(15)24)23(25)26)17-16(13-6-4-5-7-20-13)21-19-22(17)10-11(2)28-19/h4-9,11,16-17,24H,3,10H2,1-2H3/t11-,16+,17-/m1/s1. The number of hydrogen-bond acceptors (Lipinski definition) is 8. The maximum absolute atomic E-state index is 11.5. The zero-order valence-electron chi connectivity index (χ0n) is 15.5. The molecule has 8 nitrogen and oxygen atoms in total. The molecule has 2 aromatic rings. The predicted octanol–water partition coefficient (Wildman–Crippen LogP) is 3.68. The van der Waals surface area contributed by atoms with E-state index in [4.69, 9.17) is 9.73 Å². The molecular weight excluding hydrogens is 380 g/mol. The molecule has 1 N–H and O–H groups in total. The van der Waals surface area contributed by atoms with Crippen molar-refractivity contribution >= 4 is 22.6 Å². The van der Waals surface area contributed by atoms with Gasteiger partial charge in [0.15, 0.2) is 10.9 Å². The highest BCUT2D eigenvalue weighted by molar-refractivity contribution is 8.14. The molecular formula is C19H20N4O4S. The fourth-order valence-corrected chi connectivity index (χ4v) is 4.76. The van der Waals surface area contributed by atoms with Gasteiger partial charge in [-0.2, -0.15) is 0 Å². The molecule has 2 aliphatic heterocycles. The number of pyridine rings is 1. The summed E-state index contributed by atoms with van der Waals surface area (Å²) < 4.78 is 5.47. The summed E-state index contributed by atoms with van der Waals surface area (Å²) in [7, 11) is 0. The van der Waals surface area contributed by atoms with Crippen LogP contribution < -0.4 is 4.74 Å². The molecule has 28 heavy (non-hydrogen) atoms. The molecule has 2 aliphatic rings. The number of nitro groups is 1. The summed E-state index contributed by atoms with van der Waals surface area (Å²) in [5, 5.41) is 23.1. The third-order valence-electron chi connectivity index (χ3n) is 4.80. The smallest absolute Gasteiger partial charge is 0.315 e. The number of benzene rings is 1. The van der Waals surface area contributed by atoms with Crippen molar-refractivity contribution in [2.75, 3.05) is 13.2 Å². The van der Waals surface area contributed by atoms with E-state index in [9.17, 15) is 15.2 Å². The normalized spacial score (nSPS) is 23.4. The van der Waals surface area contributed by atoms with Crippen LogP contribution in [0.5, 0.6) is 11.5 Å². The van der Waals surface area contributed by atoms with E-state index in [0.717, 1.165) is 17.4 Å². The van der Waals surface area contributed by atoms with E-state index in [0.29, 0.717) is 17.4 Å². The fourth-order valence-electron chi connectivity index (χ4n) is 3.67. The number of ether oxygens (including phenoxy) is 1. The van der Waals surface area contributed by atoms with E-state index in [1.165, 1.54) is 6.07 Å². The van der Waals surface area contributed by atoms with Crippen molar-refractivity contribution in [2.45, 2.75) is 31.2 Å². The Balaban J connectivity index is 1.84. The van der Waals surface area contributed by atoms with Gasteiger partial charge in [0.05, 0.1) is 23.3 Å². The molecule has 0 aliphatic carbocycles. The molecule has 0 radical (unpaired) electrons. The molecule has 1 aromatic heterocycles. The van der Waals surface area contributed by atoms with E-state index in [1.807, 2.05) is 18.2 Å². The Kier molecular flexibility index (Phi) is 4.84. The van der Waals surface area contributed by atoms with Crippen LogP contribution in [0.3, 0.4) is 0 Å². The van der Waals surface area contributed by atoms with Gasteiger partial charge >= 0.3 is 5.69 Å². The van der Waals surface area contributed by atoms with Gasteiger partial charge in [-0.3, -0.25) is 20.1 Å². The van der Waals surface area contributed by atoms with Gasteiger partial charge in [-0.1, -0.05) is 24.8 Å². The Hall–Kier alpha value is -2.81. The average molecular weight is 400 g/mol. The number of aromatic nitrogens is 1. The molecule has 1 saturated heterocycles. The molecule has 0 spiro atoms. The number of rotatable bonds is 5. The van der Waals surface area contributed by atoms with E-state index in [2.05, 4.69) is 16.8 Å². The number of phenols is 1. The quantitative estimate of drug-likeness (QED) is 0.603. The van der Waals surface area contributed by atoms with Crippen molar-refractivity contribution in [1.82, 2.24) is 9.88 Å². The number of thioether (sulfide) groups is 1. The maximum Gasteiger partial charge on any atom is 0.315 e. The highest BCUT2D eigenvalue weighted by Gasteiger charge is 2.44. The summed E-state index contributed by atoms with van der Waals surface area (Å²) in [6.45, 7) is 4.98. The molecule has 1 fully saturated rings. The van der Waals surface area contributed by atoms with Gasteiger partial charge in [0.2, 0.25) is 5.75 Å². The van der Waals surface area contributed by atoms with Crippen LogP contribution in [0.1, 0.15) is 37.2 Å². The summed E-state index contributed by atoms with van der Waals surface area (Å²) in [6.07, 6.45) is 1.72. The SMILES string of the molecule is CCOc1cc([C@@H]2[C@H](c3ccccn3)N=C3S[C@H](C)CN32)cc([N+](=O)[O-])c1O. The molecule has 0 unspecified atom stereocenters. The molecule has 4 rings (SSSR count). The first-order valence-corrected chi connectivity index (χ1v) is 9.93. The molecule has 9 heteroatoms. The lowest BCUT2D eigenvalue weighted by Crippen LogP contribution is -2.28. The number of nitrogens with zero attached hydrogens (tertiary/aromatic N) is 4. The number of phenolic OH excluding ortho intramolecular Hbond substituents is 1. The largest absolute Gasteiger partial charge is 0.500 e. The van der Waals surface area contributed by atoms with Gasteiger partial charge in [0.25, 0.3) is 0 Å². The summed E-state index contributed by atoms with van der Waals surface area (Å²) in [6, 6.07) is 8.23. The van der Waals surface area contributed by atoms with E-state index in [-0.39, 0.29) is 23.5 Å². The Bertz CT molecular complexity index is 937. The number of aliphatic imine (C=N–C) groups is 1. The minimum Gasteiger partial charge on any atom is -0.500 e. The van der Waals surface area contributed by atoms with Crippen LogP contribution in [0.15, 0.2) is 41.5 Å². The van der Waals surface area contributed by atoms with E-state index < -0.39 is 10.7 Å². The molecule has 0 saturated carbocycles. The second-order valence-corrected chi connectivity index (χ2v) is 8.12. The Labute approximate surface area is 166 Å². The van der Waals surface area contributed by atoms with Crippen molar-refractivity contribution < 1.29 is 14.8 Å². The highest BCUT2D eigenvalue weighted by Crippen LogP contribution is 2.50. The molecule has 3 heterocycles. The number of fused-ring (bicyclic) bond motifs is 1. The minimum absolute atomic E-state index is 0.111. The first kappa shape index (κ1) is 18.5. The molecule has 146 valence electrons. The third-order valence-corrected chi connectivity index (χ3v) is 5.90. The fraction of sp³-hybridized carbons (Fsp3) is 0.368. The van der Waals surface area contributed by atoms with Crippen LogP contribution in [-0.4, -0.2) is 43.5 Å². The second-order valence-electron chi connectivity index (χ2n) is 6.71. The van der Waals surface area contributed by atoms with E-state index >= 15 is 0 Å². The van der Waals surface area contributed by atoms with Gasteiger partial charge in [-0.25, -0.2) is 0 Å². The number of hydrogen-bond donors (Lipinski definition) is 1. The summed E-state index contributed by atoms with van der Waals surface area (Å²) >= 11 is 1.69. The lowest BCUT2D eigenvalue weighted by Gasteiger charge is -2.27. The van der Waals surface area contributed by atoms with E-state index in [1.54, 1.807) is 30.9 Å². The summed E-state index contributed by atoms with van der Waals surface area (Å²) in [5.74, 6) is -0.340. The third kappa shape index (κ3) is 3.15. The highest BCUT2D eigenvalue weighted by atomic mass is 32.2. The van der Waals surface area contributed by atoms with Crippen molar-refractivity contribution in [3.05, 3.63) is 57.9 Å². The molecule has 1 aromatic carbocycles. The average Bonchev–Trinajstić information content (AvgIpc) is 3.20. The van der Waals surface area contributed by atoms with Crippen molar-refractivity contribution in [3.63, 3.8) is 0 Å². The van der Waals surface area contributed by atoms with Crippen LogP contribution >= 0.6 is 11.8 Å². The van der Waals surface area contributed by atoms with Gasteiger partial charge in [-0.05, 0) is 30.7 Å². The zero-order valence-corrected chi connectivity index (χ0v) is 16.3. The van der Waals surface area contributed by atoms with Crippen molar-refractivity contribution in [1.29, 1.82) is 0 Å². The zero-order chi connectivity index (χ0) is 19.8. The van der Waals surface area contributed by atoms with Crippen molar-refractivity contribution in [2.24, 2.45) is 4.99 Å². The molecule has 0 amide bonds. The van der Waals surface area contributed by atoms with Crippen LogP contribution in [0.2, 0.25) is 0 Å². The summed E-state index contributed by atoms with van der Waals surface area (Å²) in [4.78, 5) is 22.4. The lowest BCUT2D eigenvalue weighted by molar-refractivity contribution is -0.386. The number of aromatic hydroxyl groups is 1. The monoisotopic (exact) mass is 400 g/mol. The molecule has 0 bridgehead atoms. The van der Waals surface area contributed by atoms with Crippen LogP contribution in [0, 0.1) is 10.1 Å². The first-order chi connectivity index (χ1) is 13.5. The number of nitro benzene ring substituents is 1. The lowest BCUT2D eigenvalue weighted by atomic mass is 9.95.